The molecule has 1 saturated heterocycles. The summed E-state index contributed by atoms with van der Waals surface area (Å²) in [5, 5.41) is 9.14. The van der Waals surface area contributed by atoms with Gasteiger partial charge in [0.05, 0.1) is 4.90 Å². The third-order valence-corrected chi connectivity index (χ3v) is 5.42. The van der Waals surface area contributed by atoms with Crippen LogP contribution in [0.4, 0.5) is 0 Å². The van der Waals surface area contributed by atoms with Crippen LogP contribution in [0.3, 0.4) is 0 Å². The molecule has 1 atom stereocenters. The summed E-state index contributed by atoms with van der Waals surface area (Å²) in [6, 6.07) is 2.82. The maximum Gasteiger partial charge on any atom is 0.243 e. The Hall–Kier alpha value is -0.690. The molecule has 0 spiro atoms. The van der Waals surface area contributed by atoms with E-state index in [1.807, 2.05) is 0 Å². The van der Waals surface area contributed by atoms with Crippen LogP contribution in [0.15, 0.2) is 23.2 Å². The van der Waals surface area contributed by atoms with E-state index in [2.05, 4.69) is 4.98 Å². The average molecular weight is 305 g/mol. The van der Waals surface area contributed by atoms with Crippen LogP contribution in [-0.2, 0) is 10.0 Å². The first-order chi connectivity index (χ1) is 9.04. The van der Waals surface area contributed by atoms with Gasteiger partial charge in [-0.25, -0.2) is 13.4 Å². The molecule has 0 aromatic carbocycles. The van der Waals surface area contributed by atoms with Crippen molar-refractivity contribution in [1.82, 2.24) is 9.29 Å². The van der Waals surface area contributed by atoms with Gasteiger partial charge in [-0.2, -0.15) is 4.31 Å². The molecule has 2 heterocycles. The molecule has 1 aromatic heterocycles. The summed E-state index contributed by atoms with van der Waals surface area (Å²) in [6.07, 6.45) is 3.82. The maximum atomic E-state index is 12.5. The molecule has 106 valence electrons. The number of pyridine rings is 1. The first kappa shape index (κ1) is 14.7. The predicted octanol–water partition coefficient (Wildman–Crippen LogP) is 1.52. The van der Waals surface area contributed by atoms with Crippen molar-refractivity contribution in [2.75, 3.05) is 19.7 Å². The number of aromatic nitrogens is 1. The molecule has 1 aromatic rings. The fraction of sp³-hybridized carbons (Fsp3) is 0.583. The number of hydrogen-bond donors (Lipinski definition) is 1. The van der Waals surface area contributed by atoms with E-state index in [9.17, 15) is 8.42 Å². The van der Waals surface area contributed by atoms with Gasteiger partial charge in [0.15, 0.2) is 0 Å². The lowest BCUT2D eigenvalue weighted by Crippen LogP contribution is -2.40. The second kappa shape index (κ2) is 6.17. The summed E-state index contributed by atoms with van der Waals surface area (Å²) < 4.78 is 26.4. The molecule has 7 heteroatoms. The van der Waals surface area contributed by atoms with Gasteiger partial charge < -0.3 is 5.11 Å². The zero-order valence-electron chi connectivity index (χ0n) is 10.5. The van der Waals surface area contributed by atoms with Gasteiger partial charge in [-0.3, -0.25) is 0 Å². The monoisotopic (exact) mass is 304 g/mol. The van der Waals surface area contributed by atoms with Gasteiger partial charge in [0.25, 0.3) is 0 Å². The molecule has 5 nitrogen and oxygen atoms in total. The van der Waals surface area contributed by atoms with Crippen LogP contribution in [0, 0.1) is 5.92 Å². The Morgan fingerprint density at radius 1 is 1.53 bits per heavy atom. The van der Waals surface area contributed by atoms with Crippen LogP contribution in [0.25, 0.3) is 0 Å². The minimum atomic E-state index is -3.51. The third-order valence-electron chi connectivity index (χ3n) is 3.35. The molecule has 0 saturated carbocycles. The van der Waals surface area contributed by atoms with Crippen molar-refractivity contribution in [2.24, 2.45) is 5.92 Å². The fourth-order valence-electron chi connectivity index (χ4n) is 2.36. The lowest BCUT2D eigenvalue weighted by molar-refractivity contribution is 0.203. The van der Waals surface area contributed by atoms with Crippen molar-refractivity contribution < 1.29 is 13.5 Å². The highest BCUT2D eigenvalue weighted by Crippen LogP contribution is 2.25. The highest BCUT2D eigenvalue weighted by atomic mass is 35.5. The fourth-order valence-corrected chi connectivity index (χ4v) is 4.16. The van der Waals surface area contributed by atoms with Gasteiger partial charge in [0.2, 0.25) is 10.0 Å². The number of halogens is 1. The average Bonchev–Trinajstić information content (AvgIpc) is 2.39. The molecule has 19 heavy (non-hydrogen) atoms. The highest BCUT2D eigenvalue weighted by Gasteiger charge is 2.30. The molecule has 1 aliphatic rings. The van der Waals surface area contributed by atoms with E-state index in [0.29, 0.717) is 19.5 Å². The molecule has 0 bridgehead atoms. The molecule has 0 aliphatic carbocycles. The summed E-state index contributed by atoms with van der Waals surface area (Å²) in [5.74, 6) is 0.228. The Kier molecular flexibility index (Phi) is 4.78. The smallest absolute Gasteiger partial charge is 0.243 e. The number of hydrogen-bond acceptors (Lipinski definition) is 4. The second-order valence-corrected chi connectivity index (χ2v) is 7.02. The van der Waals surface area contributed by atoms with Gasteiger partial charge in [0.1, 0.15) is 5.15 Å². The van der Waals surface area contributed by atoms with Crippen LogP contribution in [-0.4, -0.2) is 42.5 Å². The van der Waals surface area contributed by atoms with E-state index < -0.39 is 10.0 Å². The molecule has 1 aliphatic heterocycles. The van der Waals surface area contributed by atoms with Crippen molar-refractivity contribution in [1.29, 1.82) is 0 Å². The summed E-state index contributed by atoms with van der Waals surface area (Å²) in [5.41, 5.74) is 0. The normalized spacial score (nSPS) is 21.5. The van der Waals surface area contributed by atoms with Crippen molar-refractivity contribution in [2.45, 2.75) is 24.2 Å². The Labute approximate surface area is 118 Å². The van der Waals surface area contributed by atoms with Crippen LogP contribution in [0.2, 0.25) is 5.15 Å². The third kappa shape index (κ3) is 3.45. The Morgan fingerprint density at radius 3 is 3.00 bits per heavy atom. The largest absolute Gasteiger partial charge is 0.396 e. The topological polar surface area (TPSA) is 70.5 Å². The van der Waals surface area contributed by atoms with Gasteiger partial charge >= 0.3 is 0 Å². The molecular weight excluding hydrogens is 288 g/mol. The standard InChI is InChI=1S/C12H17ClN2O3S/c13-12-8-11(3-5-14-12)19(17,18)15-6-1-2-10(9-15)4-7-16/h3,5,8,10,16H,1-2,4,6-7,9H2. The number of sulfonamides is 1. The van der Waals surface area contributed by atoms with Crippen LogP contribution in [0.5, 0.6) is 0 Å². The van der Waals surface area contributed by atoms with Crippen molar-refractivity contribution in [3.63, 3.8) is 0 Å². The first-order valence-electron chi connectivity index (χ1n) is 6.26. The lowest BCUT2D eigenvalue weighted by atomic mass is 9.97. The van der Waals surface area contributed by atoms with Crippen LogP contribution >= 0.6 is 11.6 Å². The molecule has 1 N–H and O–H groups in total. The van der Waals surface area contributed by atoms with E-state index >= 15 is 0 Å². The summed E-state index contributed by atoms with van der Waals surface area (Å²) in [6.45, 7) is 1.08. The van der Waals surface area contributed by atoms with E-state index in [0.717, 1.165) is 12.8 Å². The number of nitrogens with zero attached hydrogens (tertiary/aromatic N) is 2. The number of aliphatic hydroxyl groups is 1. The zero-order valence-corrected chi connectivity index (χ0v) is 12.1. The Balaban J connectivity index is 2.19. The lowest BCUT2D eigenvalue weighted by Gasteiger charge is -2.31. The van der Waals surface area contributed by atoms with Crippen molar-refractivity contribution >= 4 is 21.6 Å². The predicted molar refractivity (Wildman–Crippen MR) is 72.4 cm³/mol. The quantitative estimate of drug-likeness (QED) is 0.856. The number of rotatable bonds is 4. The zero-order chi connectivity index (χ0) is 13.9. The van der Waals surface area contributed by atoms with E-state index in [1.54, 1.807) is 0 Å². The molecule has 0 radical (unpaired) electrons. The molecule has 1 fully saturated rings. The maximum absolute atomic E-state index is 12.5. The van der Waals surface area contributed by atoms with E-state index in [4.69, 9.17) is 16.7 Å². The summed E-state index contributed by atoms with van der Waals surface area (Å²) >= 11 is 5.74. The minimum absolute atomic E-state index is 0.0969. The SMILES string of the molecule is O=S(=O)(c1ccnc(Cl)c1)N1CCCC(CCO)C1. The Morgan fingerprint density at radius 2 is 2.32 bits per heavy atom. The van der Waals surface area contributed by atoms with Crippen LogP contribution < -0.4 is 0 Å². The molecule has 0 amide bonds. The molecular formula is C12H17ClN2O3S. The van der Waals surface area contributed by atoms with E-state index in [1.165, 1.54) is 22.6 Å². The number of piperidine rings is 1. The van der Waals surface area contributed by atoms with Gasteiger partial charge in [-0.1, -0.05) is 11.6 Å². The summed E-state index contributed by atoms with van der Waals surface area (Å²) in [7, 11) is -3.51. The van der Waals surface area contributed by atoms with Gasteiger partial charge in [-0.05, 0) is 37.3 Å². The second-order valence-electron chi connectivity index (χ2n) is 4.70. The van der Waals surface area contributed by atoms with Gasteiger partial charge in [-0.15, -0.1) is 0 Å². The first-order valence-corrected chi connectivity index (χ1v) is 8.08. The minimum Gasteiger partial charge on any atom is -0.396 e. The molecule has 1 unspecified atom stereocenters. The number of aliphatic hydroxyl groups excluding tert-OH is 1. The van der Waals surface area contributed by atoms with Crippen molar-refractivity contribution in [3.05, 3.63) is 23.5 Å². The molecule has 2 rings (SSSR count). The van der Waals surface area contributed by atoms with Crippen LogP contribution in [0.1, 0.15) is 19.3 Å². The van der Waals surface area contributed by atoms with E-state index in [-0.39, 0.29) is 22.6 Å². The summed E-state index contributed by atoms with van der Waals surface area (Å²) in [4.78, 5) is 3.97. The Bertz CT molecular complexity index is 534. The van der Waals surface area contributed by atoms with Crippen molar-refractivity contribution in [3.8, 4) is 0 Å². The van der Waals surface area contributed by atoms with Gasteiger partial charge in [0, 0.05) is 25.9 Å². The highest BCUT2D eigenvalue weighted by molar-refractivity contribution is 7.89.